The number of fused-ring (bicyclic) bond motifs is 1. The van der Waals surface area contributed by atoms with Crippen molar-refractivity contribution in [1.82, 2.24) is 15.5 Å². The maximum Gasteiger partial charge on any atom is 0.251 e. The van der Waals surface area contributed by atoms with Gasteiger partial charge in [-0.3, -0.25) is 9.79 Å². The molecule has 6 heteroatoms. The highest BCUT2D eigenvalue weighted by molar-refractivity contribution is 14.0. The van der Waals surface area contributed by atoms with Crippen LogP contribution >= 0.6 is 24.0 Å². The lowest BCUT2D eigenvalue weighted by Crippen LogP contribution is -2.46. The van der Waals surface area contributed by atoms with Gasteiger partial charge in [0.15, 0.2) is 5.96 Å². The third kappa shape index (κ3) is 5.20. The molecule has 1 heterocycles. The Hall–Kier alpha value is -2.09. The van der Waals surface area contributed by atoms with Gasteiger partial charge in [-0.25, -0.2) is 0 Å². The number of halogens is 1. The number of rotatable bonds is 4. The minimum absolute atomic E-state index is 0. The Morgan fingerprint density at radius 3 is 2.38 bits per heavy atom. The molecule has 0 saturated carbocycles. The Morgan fingerprint density at radius 1 is 1.00 bits per heavy atom. The highest BCUT2D eigenvalue weighted by Gasteiger charge is 2.18. The van der Waals surface area contributed by atoms with Gasteiger partial charge in [0, 0.05) is 38.8 Å². The molecule has 26 heavy (non-hydrogen) atoms. The molecule has 1 aliphatic heterocycles. The van der Waals surface area contributed by atoms with Gasteiger partial charge in [0.05, 0.1) is 0 Å². The zero-order valence-electron chi connectivity index (χ0n) is 14.9. The molecule has 1 amide bonds. The number of amides is 1. The van der Waals surface area contributed by atoms with Gasteiger partial charge in [0.1, 0.15) is 0 Å². The summed E-state index contributed by atoms with van der Waals surface area (Å²) >= 11 is 0. The van der Waals surface area contributed by atoms with Crippen LogP contribution in [0.3, 0.4) is 0 Å². The summed E-state index contributed by atoms with van der Waals surface area (Å²) < 4.78 is 0. The first-order valence-electron chi connectivity index (χ1n) is 8.63. The summed E-state index contributed by atoms with van der Waals surface area (Å²) in [5.41, 5.74) is 3.46. The van der Waals surface area contributed by atoms with Crippen LogP contribution in [0.25, 0.3) is 0 Å². The van der Waals surface area contributed by atoms with Gasteiger partial charge in [0.25, 0.3) is 5.91 Å². The van der Waals surface area contributed by atoms with E-state index in [2.05, 4.69) is 44.8 Å². The maximum absolute atomic E-state index is 12.0. The van der Waals surface area contributed by atoms with E-state index in [9.17, 15) is 4.79 Å². The number of hydrogen-bond acceptors (Lipinski definition) is 2. The minimum atomic E-state index is -0.0516. The molecule has 2 aromatic carbocycles. The van der Waals surface area contributed by atoms with Gasteiger partial charge in [-0.2, -0.15) is 0 Å². The third-order valence-corrected chi connectivity index (χ3v) is 4.37. The SMILES string of the molecule is CN=C(NCCNC(=O)c1ccccc1)N1CCc2ccccc2C1.I. The fraction of sp³-hybridized carbons (Fsp3) is 0.300. The van der Waals surface area contributed by atoms with Crippen molar-refractivity contribution in [1.29, 1.82) is 0 Å². The quantitative estimate of drug-likeness (QED) is 0.317. The molecule has 0 bridgehead atoms. The van der Waals surface area contributed by atoms with Crippen LogP contribution in [0.15, 0.2) is 59.6 Å². The largest absolute Gasteiger partial charge is 0.354 e. The first kappa shape index (κ1) is 20.2. The van der Waals surface area contributed by atoms with Crippen molar-refractivity contribution in [2.24, 2.45) is 4.99 Å². The third-order valence-electron chi connectivity index (χ3n) is 4.37. The van der Waals surface area contributed by atoms with E-state index in [0.29, 0.717) is 18.7 Å². The van der Waals surface area contributed by atoms with E-state index in [1.54, 1.807) is 7.05 Å². The number of carbonyl (C=O) groups is 1. The van der Waals surface area contributed by atoms with Crippen LogP contribution in [0.5, 0.6) is 0 Å². The fourth-order valence-corrected chi connectivity index (χ4v) is 3.05. The van der Waals surface area contributed by atoms with Crippen molar-refractivity contribution >= 4 is 35.8 Å². The Bertz CT molecular complexity index is 748. The molecule has 138 valence electrons. The maximum atomic E-state index is 12.0. The Morgan fingerprint density at radius 2 is 1.65 bits per heavy atom. The van der Waals surface area contributed by atoms with Gasteiger partial charge >= 0.3 is 0 Å². The number of aliphatic imine (C=N–C) groups is 1. The molecular weight excluding hydrogens is 439 g/mol. The lowest BCUT2D eigenvalue weighted by Gasteiger charge is -2.31. The molecule has 0 radical (unpaired) electrons. The second-order valence-corrected chi connectivity index (χ2v) is 6.04. The number of nitrogens with one attached hydrogen (secondary N) is 2. The molecule has 2 N–H and O–H groups in total. The second kappa shape index (κ2) is 10.2. The second-order valence-electron chi connectivity index (χ2n) is 6.04. The van der Waals surface area contributed by atoms with Crippen molar-refractivity contribution in [2.45, 2.75) is 13.0 Å². The van der Waals surface area contributed by atoms with Crippen LogP contribution < -0.4 is 10.6 Å². The van der Waals surface area contributed by atoms with E-state index in [-0.39, 0.29) is 29.9 Å². The summed E-state index contributed by atoms with van der Waals surface area (Å²) in [6.45, 7) is 3.01. The number of benzene rings is 2. The molecule has 2 aromatic rings. The van der Waals surface area contributed by atoms with E-state index in [0.717, 1.165) is 25.5 Å². The van der Waals surface area contributed by atoms with Crippen LogP contribution in [0, 0.1) is 0 Å². The van der Waals surface area contributed by atoms with Gasteiger partial charge in [-0.15, -0.1) is 24.0 Å². The predicted molar refractivity (Wildman–Crippen MR) is 116 cm³/mol. The highest BCUT2D eigenvalue weighted by Crippen LogP contribution is 2.18. The molecule has 0 aromatic heterocycles. The average Bonchev–Trinajstić information content (AvgIpc) is 2.68. The van der Waals surface area contributed by atoms with Crippen LogP contribution in [0.2, 0.25) is 0 Å². The molecule has 1 aliphatic rings. The van der Waals surface area contributed by atoms with Crippen LogP contribution in [-0.2, 0) is 13.0 Å². The van der Waals surface area contributed by atoms with Crippen LogP contribution in [0.1, 0.15) is 21.5 Å². The van der Waals surface area contributed by atoms with Gasteiger partial charge < -0.3 is 15.5 Å². The van der Waals surface area contributed by atoms with E-state index >= 15 is 0 Å². The molecule has 0 fully saturated rings. The molecule has 0 unspecified atom stereocenters. The summed E-state index contributed by atoms with van der Waals surface area (Å²) in [7, 11) is 1.80. The van der Waals surface area contributed by atoms with E-state index in [1.165, 1.54) is 11.1 Å². The number of hydrogen-bond donors (Lipinski definition) is 2. The minimum Gasteiger partial charge on any atom is -0.354 e. The fourth-order valence-electron chi connectivity index (χ4n) is 3.05. The van der Waals surface area contributed by atoms with Crippen molar-refractivity contribution in [3.05, 3.63) is 71.3 Å². The van der Waals surface area contributed by atoms with Crippen molar-refractivity contribution in [2.75, 3.05) is 26.7 Å². The Balaban J connectivity index is 0.00000243. The number of carbonyl (C=O) groups excluding carboxylic acids is 1. The molecule has 3 rings (SSSR count). The van der Waals surface area contributed by atoms with Gasteiger partial charge in [0.2, 0.25) is 0 Å². The average molecular weight is 464 g/mol. The Labute approximate surface area is 171 Å². The lowest BCUT2D eigenvalue weighted by molar-refractivity contribution is 0.0954. The van der Waals surface area contributed by atoms with Crippen molar-refractivity contribution < 1.29 is 4.79 Å². The van der Waals surface area contributed by atoms with E-state index < -0.39 is 0 Å². The molecule has 0 aliphatic carbocycles. The molecule has 0 spiro atoms. The monoisotopic (exact) mass is 464 g/mol. The normalized spacial score (nSPS) is 13.4. The first-order valence-corrected chi connectivity index (χ1v) is 8.63. The summed E-state index contributed by atoms with van der Waals surface area (Å²) in [6, 6.07) is 17.8. The molecule has 0 atom stereocenters. The van der Waals surface area contributed by atoms with Gasteiger partial charge in [-0.1, -0.05) is 42.5 Å². The highest BCUT2D eigenvalue weighted by atomic mass is 127. The topological polar surface area (TPSA) is 56.7 Å². The molecule has 5 nitrogen and oxygen atoms in total. The van der Waals surface area contributed by atoms with Gasteiger partial charge in [-0.05, 0) is 29.7 Å². The zero-order chi connectivity index (χ0) is 17.5. The number of nitrogens with zero attached hydrogens (tertiary/aromatic N) is 2. The van der Waals surface area contributed by atoms with Crippen LogP contribution in [0.4, 0.5) is 0 Å². The summed E-state index contributed by atoms with van der Waals surface area (Å²) in [5, 5.41) is 6.26. The summed E-state index contributed by atoms with van der Waals surface area (Å²) in [5.74, 6) is 0.827. The predicted octanol–water partition coefficient (Wildman–Crippen LogP) is 2.67. The zero-order valence-corrected chi connectivity index (χ0v) is 17.3. The number of guanidine groups is 1. The molecule has 0 saturated heterocycles. The lowest BCUT2D eigenvalue weighted by atomic mass is 10.0. The first-order chi connectivity index (χ1) is 12.3. The summed E-state index contributed by atoms with van der Waals surface area (Å²) in [6.07, 6.45) is 1.03. The summed E-state index contributed by atoms with van der Waals surface area (Å²) in [4.78, 5) is 18.6. The van der Waals surface area contributed by atoms with Crippen molar-refractivity contribution in [3.63, 3.8) is 0 Å². The molecular formula is C20H25IN4O. The standard InChI is InChI=1S/C20H24N4O.HI/c1-21-20(24-14-11-16-7-5-6-10-18(16)15-24)23-13-12-22-19(25)17-8-3-2-4-9-17;/h2-10H,11-15H2,1H3,(H,21,23)(H,22,25);1H. The van der Waals surface area contributed by atoms with Crippen LogP contribution in [-0.4, -0.2) is 43.4 Å². The Kier molecular flexibility index (Phi) is 7.90. The smallest absolute Gasteiger partial charge is 0.251 e. The van der Waals surface area contributed by atoms with E-state index in [1.807, 2.05) is 30.3 Å². The van der Waals surface area contributed by atoms with E-state index in [4.69, 9.17) is 0 Å². The van der Waals surface area contributed by atoms with Crippen molar-refractivity contribution in [3.8, 4) is 0 Å².